The number of furan rings is 1. The van der Waals surface area contributed by atoms with E-state index < -0.39 is 0 Å². The van der Waals surface area contributed by atoms with Crippen LogP contribution in [0.4, 0.5) is 28.8 Å². The number of nitrogens with one attached hydrogen (secondary N) is 3. The number of hydrogen-bond donors (Lipinski definition) is 3. The summed E-state index contributed by atoms with van der Waals surface area (Å²) < 4.78 is 10.4. The number of aromatic nitrogens is 4. The maximum absolute atomic E-state index is 12.5. The molecular formula is C24H19N7O3. The molecule has 0 aliphatic rings. The Kier molecular flexibility index (Phi) is 5.68. The molecule has 0 fully saturated rings. The van der Waals surface area contributed by atoms with E-state index in [-0.39, 0.29) is 11.6 Å². The molecule has 5 rings (SSSR count). The van der Waals surface area contributed by atoms with E-state index in [1.165, 1.54) is 12.3 Å². The van der Waals surface area contributed by atoms with Crippen molar-refractivity contribution in [1.82, 2.24) is 20.1 Å². The van der Waals surface area contributed by atoms with Crippen LogP contribution in [0.1, 0.15) is 16.3 Å². The number of rotatable bonds is 7. The molecule has 10 nitrogen and oxygen atoms in total. The minimum absolute atomic E-state index is 0.151. The Balaban J connectivity index is 1.23. The second kappa shape index (κ2) is 9.25. The van der Waals surface area contributed by atoms with Gasteiger partial charge in [0.25, 0.3) is 5.91 Å². The van der Waals surface area contributed by atoms with Crippen LogP contribution < -0.4 is 16.0 Å². The molecule has 0 saturated heterocycles. The Morgan fingerprint density at radius 2 is 1.62 bits per heavy atom. The van der Waals surface area contributed by atoms with E-state index in [1.807, 2.05) is 37.3 Å². The molecule has 0 bridgehead atoms. The number of aryl methyl sites for hydroxylation is 1. The van der Waals surface area contributed by atoms with Gasteiger partial charge in [0.2, 0.25) is 5.76 Å². The van der Waals surface area contributed by atoms with Crippen LogP contribution in [0.25, 0.3) is 11.5 Å². The molecule has 3 N–H and O–H groups in total. The molecule has 0 saturated carbocycles. The van der Waals surface area contributed by atoms with E-state index in [0.717, 1.165) is 5.69 Å². The highest BCUT2D eigenvalue weighted by Crippen LogP contribution is 2.23. The van der Waals surface area contributed by atoms with E-state index in [2.05, 4.69) is 36.1 Å². The Bertz CT molecular complexity index is 1400. The van der Waals surface area contributed by atoms with Crippen LogP contribution in [0.5, 0.6) is 0 Å². The third kappa shape index (κ3) is 4.91. The summed E-state index contributed by atoms with van der Waals surface area (Å²) in [6, 6.07) is 19.6. The Hall–Kier alpha value is -4.99. The number of carbonyl (C=O) groups is 1. The summed E-state index contributed by atoms with van der Waals surface area (Å²) in [5.41, 5.74) is 1.55. The molecule has 4 heterocycles. The summed E-state index contributed by atoms with van der Waals surface area (Å²) >= 11 is 0. The van der Waals surface area contributed by atoms with E-state index in [1.54, 1.807) is 36.5 Å². The van der Waals surface area contributed by atoms with Gasteiger partial charge in [-0.05, 0) is 55.5 Å². The summed E-state index contributed by atoms with van der Waals surface area (Å²) in [5, 5.41) is 13.0. The number of pyridine rings is 1. The number of amides is 1. The fraction of sp³-hybridized carbons (Fsp3) is 0.0417. The Morgan fingerprint density at radius 3 is 2.35 bits per heavy atom. The zero-order valence-corrected chi connectivity index (χ0v) is 18.0. The first-order valence-corrected chi connectivity index (χ1v) is 10.4. The van der Waals surface area contributed by atoms with Gasteiger partial charge in [-0.25, -0.2) is 15.0 Å². The topological polar surface area (TPSA) is 131 Å². The molecule has 4 aromatic heterocycles. The number of anilines is 5. The van der Waals surface area contributed by atoms with Gasteiger partial charge < -0.3 is 24.9 Å². The zero-order chi connectivity index (χ0) is 23.3. The molecule has 0 aliphatic carbocycles. The van der Waals surface area contributed by atoms with Crippen LogP contribution in [0.15, 0.2) is 88.1 Å². The second-order valence-corrected chi connectivity index (χ2v) is 7.24. The van der Waals surface area contributed by atoms with Crippen molar-refractivity contribution in [2.75, 3.05) is 16.0 Å². The van der Waals surface area contributed by atoms with E-state index in [0.29, 0.717) is 40.5 Å². The lowest BCUT2D eigenvalue weighted by Gasteiger charge is -2.10. The third-order valence-corrected chi connectivity index (χ3v) is 4.68. The van der Waals surface area contributed by atoms with Gasteiger partial charge in [-0.15, -0.1) is 0 Å². The molecule has 0 atom stereocenters. The monoisotopic (exact) mass is 453 g/mol. The molecule has 0 unspecified atom stereocenters. The van der Waals surface area contributed by atoms with E-state index >= 15 is 0 Å². The van der Waals surface area contributed by atoms with Gasteiger partial charge in [-0.1, -0.05) is 11.2 Å². The smallest absolute Gasteiger partial charge is 0.277 e. The fourth-order valence-electron chi connectivity index (χ4n) is 3.16. The predicted octanol–water partition coefficient (Wildman–Crippen LogP) is 5.17. The lowest BCUT2D eigenvalue weighted by molar-refractivity contribution is 0.101. The summed E-state index contributed by atoms with van der Waals surface area (Å²) in [4.78, 5) is 25.6. The van der Waals surface area contributed by atoms with Crippen molar-refractivity contribution in [3.05, 3.63) is 90.7 Å². The van der Waals surface area contributed by atoms with Crippen molar-refractivity contribution in [2.45, 2.75) is 6.92 Å². The molecule has 5 aromatic rings. The van der Waals surface area contributed by atoms with Gasteiger partial charge in [0, 0.05) is 29.7 Å². The fourth-order valence-corrected chi connectivity index (χ4v) is 3.16. The van der Waals surface area contributed by atoms with Crippen LogP contribution >= 0.6 is 0 Å². The molecule has 34 heavy (non-hydrogen) atoms. The van der Waals surface area contributed by atoms with E-state index in [9.17, 15) is 4.79 Å². The van der Waals surface area contributed by atoms with Gasteiger partial charge in [0.15, 0.2) is 11.5 Å². The first-order valence-electron chi connectivity index (χ1n) is 10.4. The minimum Gasteiger partial charge on any atom is -0.461 e. The summed E-state index contributed by atoms with van der Waals surface area (Å²) in [5.74, 6) is 3.03. The largest absolute Gasteiger partial charge is 0.461 e. The number of carbonyl (C=O) groups excluding carboxylic acids is 1. The van der Waals surface area contributed by atoms with Gasteiger partial charge >= 0.3 is 0 Å². The molecule has 10 heteroatoms. The molecule has 1 amide bonds. The maximum atomic E-state index is 12.5. The molecule has 0 radical (unpaired) electrons. The highest BCUT2D eigenvalue weighted by molar-refractivity contribution is 6.03. The third-order valence-electron chi connectivity index (χ3n) is 4.68. The minimum atomic E-state index is -0.390. The number of nitrogens with zero attached hydrogens (tertiary/aromatic N) is 4. The average molecular weight is 453 g/mol. The lowest BCUT2D eigenvalue weighted by Crippen LogP contribution is -2.12. The van der Waals surface area contributed by atoms with Crippen LogP contribution in [0, 0.1) is 6.92 Å². The summed E-state index contributed by atoms with van der Waals surface area (Å²) in [7, 11) is 0. The summed E-state index contributed by atoms with van der Waals surface area (Å²) in [6.07, 6.45) is 3.23. The normalized spacial score (nSPS) is 10.6. The van der Waals surface area contributed by atoms with Crippen molar-refractivity contribution >= 4 is 34.7 Å². The first-order chi connectivity index (χ1) is 16.6. The number of hydrogen-bond acceptors (Lipinski definition) is 9. The molecule has 0 aliphatic heterocycles. The van der Waals surface area contributed by atoms with Gasteiger partial charge in [-0.2, -0.15) is 0 Å². The van der Waals surface area contributed by atoms with Gasteiger partial charge in [0.05, 0.1) is 6.26 Å². The Morgan fingerprint density at radius 1 is 0.824 bits per heavy atom. The highest BCUT2D eigenvalue weighted by Gasteiger charge is 2.15. The quantitative estimate of drug-likeness (QED) is 0.305. The van der Waals surface area contributed by atoms with Gasteiger partial charge in [-0.3, -0.25) is 4.79 Å². The van der Waals surface area contributed by atoms with Crippen molar-refractivity contribution in [1.29, 1.82) is 0 Å². The van der Waals surface area contributed by atoms with Crippen molar-refractivity contribution in [3.8, 4) is 11.5 Å². The molecular weight excluding hydrogens is 434 g/mol. The van der Waals surface area contributed by atoms with Crippen LogP contribution in [-0.2, 0) is 0 Å². The van der Waals surface area contributed by atoms with Crippen molar-refractivity contribution in [3.63, 3.8) is 0 Å². The van der Waals surface area contributed by atoms with Gasteiger partial charge in [0.1, 0.15) is 23.3 Å². The lowest BCUT2D eigenvalue weighted by atomic mass is 10.2. The number of benzene rings is 1. The second-order valence-electron chi connectivity index (χ2n) is 7.24. The Labute approximate surface area is 194 Å². The summed E-state index contributed by atoms with van der Waals surface area (Å²) in [6.45, 7) is 1.81. The average Bonchev–Trinajstić information content (AvgIpc) is 3.53. The van der Waals surface area contributed by atoms with Crippen LogP contribution in [0.3, 0.4) is 0 Å². The van der Waals surface area contributed by atoms with Crippen molar-refractivity contribution in [2.24, 2.45) is 0 Å². The SMILES string of the molecule is Cc1nc(Nc2ccc(NC(=O)c3cc(-c4ccco4)on3)cc2)cc(Nc2ccccn2)n1. The molecule has 1 aromatic carbocycles. The molecule has 0 spiro atoms. The van der Waals surface area contributed by atoms with Crippen molar-refractivity contribution < 1.29 is 13.7 Å². The zero-order valence-electron chi connectivity index (χ0n) is 18.0. The highest BCUT2D eigenvalue weighted by atomic mass is 16.5. The molecule has 168 valence electrons. The maximum Gasteiger partial charge on any atom is 0.277 e. The van der Waals surface area contributed by atoms with Crippen LogP contribution in [0.2, 0.25) is 0 Å². The standard InChI is InChI=1S/C24H19N7O3/c1-15-26-22(14-23(27-15)30-21-6-2-3-11-25-21)28-16-7-9-17(10-8-16)29-24(32)18-13-20(34-31-18)19-5-4-12-33-19/h2-14H,1H3,(H,29,32)(H2,25,26,27,28,30). The van der Waals surface area contributed by atoms with Crippen LogP contribution in [-0.4, -0.2) is 26.0 Å². The van der Waals surface area contributed by atoms with E-state index in [4.69, 9.17) is 8.94 Å². The predicted molar refractivity (Wildman–Crippen MR) is 126 cm³/mol. The first kappa shape index (κ1) is 20.9.